The molecule has 5 saturated heterocycles. The Morgan fingerprint density at radius 1 is 0.150 bits per heavy atom. The van der Waals surface area contributed by atoms with Crippen LogP contribution in [0.15, 0.2) is 0 Å². The summed E-state index contributed by atoms with van der Waals surface area (Å²) in [6.45, 7) is 17.9. The Morgan fingerprint density at radius 2 is 0.293 bits per heavy atom. The molecule has 5 heterocycles. The fourth-order valence-electron chi connectivity index (χ4n) is 31.1. The van der Waals surface area contributed by atoms with Gasteiger partial charge in [0.1, 0.15) is 0 Å². The smallest absolute Gasteiger partial charge is 0.0704 e. The minimum absolute atomic E-state index is 0.200. The zero-order valence-electron chi connectivity index (χ0n) is 100. The highest BCUT2D eigenvalue weighted by molar-refractivity contribution is 5.11. The van der Waals surface area contributed by atoms with Gasteiger partial charge in [-0.2, -0.15) is 0 Å². The molecule has 0 amide bonds. The van der Waals surface area contributed by atoms with Gasteiger partial charge in [0.15, 0.2) is 0 Å². The van der Waals surface area contributed by atoms with Crippen molar-refractivity contribution in [1.82, 2.24) is 42.5 Å². The summed E-state index contributed by atoms with van der Waals surface area (Å²) in [4.78, 5) is 0. The van der Waals surface area contributed by atoms with Crippen molar-refractivity contribution in [2.45, 2.75) is 733 Å². The van der Waals surface area contributed by atoms with Crippen LogP contribution in [-0.2, 0) is 18.9 Å². The van der Waals surface area contributed by atoms with Gasteiger partial charge in [0.05, 0.1) is 95.1 Å². The largest absolute Gasteiger partial charge is 0.382 e. The molecule has 23 unspecified atom stereocenters. The van der Waals surface area contributed by atoms with Crippen molar-refractivity contribution in [2.75, 3.05) is 46.8 Å². The highest BCUT2D eigenvalue weighted by atomic mass is 16.6. The lowest BCUT2D eigenvalue weighted by Gasteiger charge is -2.44. The summed E-state index contributed by atoms with van der Waals surface area (Å²) < 4.78 is 24.4. The average molecular weight is 2060 g/mol. The topological polar surface area (TPSA) is 133 Å². The molecular weight excluding hydrogens is 1800 g/mol. The predicted octanol–water partition coefficient (Wildman–Crippen LogP) is 38.9. The minimum atomic E-state index is 0.200. The summed E-state index contributed by atoms with van der Waals surface area (Å²) in [5.74, 6) is 9.58. The van der Waals surface area contributed by atoms with Crippen LogP contribution in [0.4, 0.5) is 0 Å². The van der Waals surface area contributed by atoms with Crippen LogP contribution >= 0.6 is 0 Å². The Hall–Kier alpha value is -0.480. The maximum absolute atomic E-state index is 7.07. The summed E-state index contributed by atoms with van der Waals surface area (Å²) in [5, 5.41) is 38.4. The molecule has 23 atom stereocenters. The van der Waals surface area contributed by atoms with Gasteiger partial charge in [-0.15, -0.1) is 0 Å². The Bertz CT molecular complexity index is 2840. The summed E-state index contributed by atoms with van der Waals surface area (Å²) in [7, 11) is 1.75. The number of nitrogens with one attached hydrogen (secondary N) is 8. The second-order valence-electron chi connectivity index (χ2n) is 52.3. The van der Waals surface area contributed by atoms with E-state index in [1.54, 1.807) is 7.11 Å². The molecule has 5 aliphatic heterocycles. The minimum Gasteiger partial charge on any atom is -0.382 e. The Labute approximate surface area is 917 Å². The van der Waals surface area contributed by atoms with Gasteiger partial charge in [-0.25, -0.2) is 0 Å². The first kappa shape index (κ1) is 130. The van der Waals surface area contributed by atoms with Gasteiger partial charge in [-0.05, 0) is 141 Å². The number of methoxy groups -OCH3 is 1. The predicted molar refractivity (Wildman–Crippen MR) is 639 cm³/mol. The lowest BCUT2D eigenvalue weighted by Crippen LogP contribution is -2.61. The van der Waals surface area contributed by atoms with Crippen LogP contribution in [0.1, 0.15) is 677 Å². The number of unbranched alkanes of at least 4 members (excludes halogenated alkanes) is 78. The summed E-state index contributed by atoms with van der Waals surface area (Å²) in [6, 6.07) is 0. The summed E-state index contributed by atoms with van der Waals surface area (Å²) >= 11 is 0. The highest BCUT2D eigenvalue weighted by Gasteiger charge is 2.58. The van der Waals surface area contributed by atoms with Gasteiger partial charge in [0.25, 0.3) is 0 Å². The molecule has 9 aliphatic rings. The first-order valence-corrected chi connectivity index (χ1v) is 69.2. The average Bonchev–Trinajstić information content (AvgIpc) is 1.59. The molecule has 866 valence electrons. The maximum Gasteiger partial charge on any atom is 0.0704 e. The number of hydrogen-bond acceptors (Lipinski definition) is 12. The zero-order chi connectivity index (χ0) is 103. The van der Waals surface area contributed by atoms with Crippen molar-refractivity contribution in [3.05, 3.63) is 0 Å². The monoisotopic (exact) mass is 2060 g/mol. The van der Waals surface area contributed by atoms with Crippen molar-refractivity contribution in [3.63, 3.8) is 0 Å². The third kappa shape index (κ3) is 55.9. The van der Waals surface area contributed by atoms with Crippen LogP contribution in [-0.4, -0.2) is 102 Å². The molecule has 0 radical (unpaired) electrons. The zero-order valence-corrected chi connectivity index (χ0v) is 100. The molecule has 0 aromatic heterocycles. The van der Waals surface area contributed by atoms with E-state index in [-0.39, 0.29) is 49.3 Å². The Kier molecular flexibility index (Phi) is 78.1. The Balaban J connectivity index is 0.995. The van der Waals surface area contributed by atoms with Gasteiger partial charge in [-0.1, -0.05) is 619 Å². The van der Waals surface area contributed by atoms with Gasteiger partial charge in [-0.3, -0.25) is 42.5 Å². The quantitative estimate of drug-likeness (QED) is 0.0276. The van der Waals surface area contributed by atoms with Gasteiger partial charge >= 0.3 is 0 Å². The third-order valence-electron chi connectivity index (χ3n) is 40.3. The molecule has 4 saturated carbocycles. The van der Waals surface area contributed by atoms with Crippen LogP contribution in [0.3, 0.4) is 0 Å². The number of rotatable bonds is 100. The molecule has 12 heteroatoms. The number of fused-ring (bicyclic) bond motifs is 20. The van der Waals surface area contributed by atoms with E-state index < -0.39 is 0 Å². The van der Waals surface area contributed by atoms with Gasteiger partial charge in [0.2, 0.25) is 0 Å². The van der Waals surface area contributed by atoms with Crippen molar-refractivity contribution >= 4 is 0 Å². The van der Waals surface area contributed by atoms with E-state index in [1.807, 2.05) is 0 Å². The van der Waals surface area contributed by atoms with E-state index in [2.05, 4.69) is 46.9 Å². The summed E-state index contributed by atoms with van der Waals surface area (Å²) in [6.07, 6.45) is 144. The van der Waals surface area contributed by atoms with Crippen molar-refractivity contribution in [1.29, 1.82) is 0 Å². The van der Waals surface area contributed by atoms with Crippen molar-refractivity contribution in [3.8, 4) is 0 Å². The van der Waals surface area contributed by atoms with Crippen LogP contribution in [0.25, 0.3) is 0 Å². The van der Waals surface area contributed by atoms with Crippen LogP contribution in [0.5, 0.6) is 0 Å². The number of ether oxygens (including phenoxy) is 4. The molecule has 12 nitrogen and oxygen atoms in total. The van der Waals surface area contributed by atoms with E-state index >= 15 is 0 Å². The standard InChI is InChI=1S/C135H262N8O4/c1-8-14-20-26-32-38-44-50-56-62-68-74-80-86-92-113-106-121-122(107-114(113)93-87-81-75-69-63-57-51-45-39-33-27-21-15-9-2)130-138-129(121)136-128-120-99-98-119(147-105-104-146-103-102-145-101-100-144-7)112-127(120)135(137-128)143-134-126-111-118(97-91-85-79-73-67-61-55-49-43-37-31-25-19-13-6)117(96-90-84-78-72-66-60-54-48-42-36-30-24-18-12-5)110-125(126)133(142-134)141-132-124-109-116(95-89-83-77-71-65-59-53-47-41-35-29-23-17-11-4)115(108-123(124)131(139-130)140-132)94-88-82-76-70-64-58-52-46-40-34-28-22-16-10-3/h113-143H,8-112H2,1-7H3. The third-order valence-corrected chi connectivity index (χ3v) is 40.3. The lowest BCUT2D eigenvalue weighted by atomic mass is 9.64. The van der Waals surface area contributed by atoms with Crippen LogP contribution in [0.2, 0.25) is 0 Å². The molecule has 147 heavy (non-hydrogen) atoms. The first-order valence-electron chi connectivity index (χ1n) is 69.2. The lowest BCUT2D eigenvalue weighted by molar-refractivity contribution is -0.0405. The maximum atomic E-state index is 7.07. The molecule has 0 aromatic carbocycles. The van der Waals surface area contributed by atoms with E-state index in [0.717, 1.165) is 48.3 Å². The summed E-state index contributed by atoms with van der Waals surface area (Å²) in [5.41, 5.74) is 0. The van der Waals surface area contributed by atoms with E-state index in [0.29, 0.717) is 93.2 Å². The molecule has 8 bridgehead atoms. The fraction of sp³-hybridized carbons (Fsp3) is 1.00. The molecule has 9 rings (SSSR count). The second kappa shape index (κ2) is 88.3. The normalized spacial score (nSPS) is 28.0. The van der Waals surface area contributed by atoms with Crippen molar-refractivity contribution < 1.29 is 18.9 Å². The molecule has 8 N–H and O–H groups in total. The Morgan fingerprint density at radius 3 is 0.463 bits per heavy atom. The van der Waals surface area contributed by atoms with Crippen molar-refractivity contribution in [2.24, 2.45) is 82.9 Å². The number of hydrogen-bond donors (Lipinski definition) is 8. The SMILES string of the molecule is CCCCCCCCCCCCCCCCC1CC2C3NC4NC(NC5NC(NC6NC(NC(N3)C2CC1CCCCCCCCCCCCCCCC)C1CC(CCCCCCCCCCCCCCCC)C(CCCCCCCCCCCCCCCC)CC61)C1CC(CCCCCCCCCCCCCCCC)C(CCCCCCCCCCCCCCCC)CC51)C1CC(OCCOCCOCCOC)CCC41. The first-order chi connectivity index (χ1) is 72.9. The second-order valence-corrected chi connectivity index (χ2v) is 52.3. The molecular formula is C135H262N8O4. The molecule has 9 fully saturated rings. The van der Waals surface area contributed by atoms with Crippen LogP contribution in [0, 0.1) is 82.9 Å². The van der Waals surface area contributed by atoms with E-state index in [9.17, 15) is 0 Å². The molecule has 4 aliphatic carbocycles. The van der Waals surface area contributed by atoms with E-state index in [1.165, 1.54) is 623 Å². The highest BCUT2D eigenvalue weighted by Crippen LogP contribution is 2.54. The molecule has 0 aromatic rings. The van der Waals surface area contributed by atoms with Crippen LogP contribution < -0.4 is 42.5 Å². The van der Waals surface area contributed by atoms with Gasteiger partial charge in [0, 0.05) is 7.11 Å². The van der Waals surface area contributed by atoms with E-state index in [4.69, 9.17) is 56.2 Å². The van der Waals surface area contributed by atoms with Gasteiger partial charge < -0.3 is 18.9 Å². The fourth-order valence-corrected chi connectivity index (χ4v) is 31.1. The molecule has 0 spiro atoms.